The summed E-state index contributed by atoms with van der Waals surface area (Å²) < 4.78 is 11.7. The van der Waals surface area contributed by atoms with Crippen LogP contribution in [0, 0.1) is 0 Å². The van der Waals surface area contributed by atoms with E-state index in [1.54, 1.807) is 6.92 Å². The van der Waals surface area contributed by atoms with Gasteiger partial charge in [0.05, 0.1) is 18.2 Å². The van der Waals surface area contributed by atoms with Crippen LogP contribution in [-0.2, 0) is 14.3 Å². The summed E-state index contributed by atoms with van der Waals surface area (Å²) in [7, 11) is 0. The van der Waals surface area contributed by atoms with Crippen LogP contribution in [0.1, 0.15) is 83.6 Å². The lowest BCUT2D eigenvalue weighted by Gasteiger charge is -2.39. The molecule has 6 heteroatoms. The van der Waals surface area contributed by atoms with E-state index >= 15 is 0 Å². The maximum atomic E-state index is 12.8. The molecule has 6 nitrogen and oxygen atoms in total. The number of amidine groups is 1. The van der Waals surface area contributed by atoms with Gasteiger partial charge in [-0.1, -0.05) is 56.7 Å². The summed E-state index contributed by atoms with van der Waals surface area (Å²) in [5.41, 5.74) is 1.38. The van der Waals surface area contributed by atoms with E-state index in [0.29, 0.717) is 29.9 Å². The van der Waals surface area contributed by atoms with E-state index < -0.39 is 0 Å². The summed E-state index contributed by atoms with van der Waals surface area (Å²) >= 11 is 0. The summed E-state index contributed by atoms with van der Waals surface area (Å²) in [6.07, 6.45) is 11.5. The summed E-state index contributed by atoms with van der Waals surface area (Å²) in [5.74, 6) is 0.777. The van der Waals surface area contributed by atoms with Gasteiger partial charge in [0.25, 0.3) is 0 Å². The fourth-order valence-electron chi connectivity index (χ4n) is 4.82. The molecule has 0 unspecified atom stereocenters. The first-order valence-corrected chi connectivity index (χ1v) is 12.2. The average Bonchev–Trinajstić information content (AvgIpc) is 2.85. The lowest BCUT2D eigenvalue weighted by atomic mass is 9.94. The molecular weight excluding hydrogens is 402 g/mol. The second-order valence-corrected chi connectivity index (χ2v) is 8.92. The summed E-state index contributed by atoms with van der Waals surface area (Å²) in [6, 6.07) is 10.9. The molecule has 1 aliphatic heterocycles. The molecule has 0 radical (unpaired) electrons. The van der Waals surface area contributed by atoms with Crippen molar-refractivity contribution in [3.8, 4) is 0 Å². The van der Waals surface area contributed by atoms with Gasteiger partial charge in [-0.25, -0.2) is 9.79 Å². The second-order valence-electron chi connectivity index (χ2n) is 8.92. The fraction of sp³-hybridized carbons (Fsp3) is 0.577. The lowest BCUT2D eigenvalue weighted by Crippen LogP contribution is -2.46. The van der Waals surface area contributed by atoms with Crippen LogP contribution in [0.2, 0.25) is 0 Å². The molecule has 2 aliphatic carbocycles. The van der Waals surface area contributed by atoms with Crippen molar-refractivity contribution < 1.29 is 14.3 Å². The molecule has 1 aromatic rings. The number of hydrogen-bond acceptors (Lipinski definition) is 5. The zero-order valence-corrected chi connectivity index (χ0v) is 19.4. The zero-order valence-electron chi connectivity index (χ0n) is 19.4. The van der Waals surface area contributed by atoms with Gasteiger partial charge >= 0.3 is 12.0 Å². The normalized spacial score (nSPS) is 23.5. The Bertz CT molecular complexity index is 879. The minimum absolute atomic E-state index is 0.228. The van der Waals surface area contributed by atoms with Crippen LogP contribution in [-0.4, -0.2) is 41.5 Å². The first kappa shape index (κ1) is 22.6. The fourth-order valence-corrected chi connectivity index (χ4v) is 4.82. The van der Waals surface area contributed by atoms with Gasteiger partial charge < -0.3 is 9.47 Å². The molecule has 0 aromatic heterocycles. The van der Waals surface area contributed by atoms with E-state index in [2.05, 4.69) is 4.90 Å². The molecule has 0 spiro atoms. The molecule has 32 heavy (non-hydrogen) atoms. The Kier molecular flexibility index (Phi) is 7.61. The van der Waals surface area contributed by atoms with Gasteiger partial charge in [0.15, 0.2) is 5.82 Å². The largest absolute Gasteiger partial charge is 0.463 e. The average molecular weight is 438 g/mol. The number of nitrogens with zero attached hydrogens (tertiary/aromatic N) is 3. The molecular formula is C26H35N3O3. The number of ether oxygens (including phenoxy) is 2. The molecule has 0 atom stereocenters. The predicted octanol–water partition coefficient (Wildman–Crippen LogP) is 5.58. The van der Waals surface area contributed by atoms with Gasteiger partial charge in [0, 0.05) is 11.6 Å². The highest BCUT2D eigenvalue weighted by molar-refractivity contribution is 6.05. The Morgan fingerprint density at radius 1 is 1.06 bits per heavy atom. The second kappa shape index (κ2) is 10.8. The third-order valence-corrected chi connectivity index (χ3v) is 6.57. The Morgan fingerprint density at radius 2 is 1.72 bits per heavy atom. The number of esters is 1. The molecule has 0 bridgehead atoms. The highest BCUT2D eigenvalue weighted by Gasteiger charge is 2.36. The number of benzene rings is 1. The van der Waals surface area contributed by atoms with E-state index in [1.807, 2.05) is 37.3 Å². The van der Waals surface area contributed by atoms with E-state index in [9.17, 15) is 4.79 Å². The van der Waals surface area contributed by atoms with Gasteiger partial charge in [-0.2, -0.15) is 4.99 Å². The number of carbonyl (C=O) groups excluding carboxylic acids is 1. The highest BCUT2D eigenvalue weighted by atomic mass is 16.5. The van der Waals surface area contributed by atoms with Crippen LogP contribution in [0.15, 0.2) is 51.7 Å². The third kappa shape index (κ3) is 5.22. The number of carbonyl (C=O) groups is 1. The predicted molar refractivity (Wildman–Crippen MR) is 126 cm³/mol. The Balaban J connectivity index is 1.81. The topological polar surface area (TPSA) is 63.5 Å². The van der Waals surface area contributed by atoms with Gasteiger partial charge in [-0.05, 0) is 51.7 Å². The molecule has 1 heterocycles. The minimum Gasteiger partial charge on any atom is -0.463 e. The van der Waals surface area contributed by atoms with E-state index in [0.717, 1.165) is 31.2 Å². The van der Waals surface area contributed by atoms with Gasteiger partial charge in [-0.15, -0.1) is 0 Å². The van der Waals surface area contributed by atoms with Crippen molar-refractivity contribution in [2.75, 3.05) is 6.61 Å². The molecule has 172 valence electrons. The van der Waals surface area contributed by atoms with Crippen LogP contribution >= 0.6 is 0 Å². The summed E-state index contributed by atoms with van der Waals surface area (Å²) in [4.78, 5) is 24.8. The summed E-state index contributed by atoms with van der Waals surface area (Å²) in [5, 5.41) is 0. The maximum Gasteiger partial charge on any atom is 0.337 e. The van der Waals surface area contributed by atoms with Crippen LogP contribution in [0.5, 0.6) is 0 Å². The highest BCUT2D eigenvalue weighted by Crippen LogP contribution is 2.32. The molecule has 3 aliphatic rings. The van der Waals surface area contributed by atoms with Crippen molar-refractivity contribution >= 4 is 17.9 Å². The molecule has 0 N–H and O–H groups in total. The van der Waals surface area contributed by atoms with E-state index in [1.165, 1.54) is 38.5 Å². The molecule has 2 fully saturated rings. The molecule has 2 saturated carbocycles. The van der Waals surface area contributed by atoms with Crippen LogP contribution in [0.4, 0.5) is 0 Å². The quantitative estimate of drug-likeness (QED) is 0.445. The molecule has 1 aromatic carbocycles. The van der Waals surface area contributed by atoms with Crippen molar-refractivity contribution in [3.63, 3.8) is 0 Å². The first-order chi connectivity index (χ1) is 15.7. The minimum atomic E-state index is -0.335. The van der Waals surface area contributed by atoms with Gasteiger partial charge in [0.2, 0.25) is 5.90 Å². The Morgan fingerprint density at radius 3 is 2.38 bits per heavy atom. The first-order valence-electron chi connectivity index (χ1n) is 12.2. The van der Waals surface area contributed by atoms with Crippen LogP contribution in [0.25, 0.3) is 0 Å². The standard InChI is InChI=1S/C26H35N3O3/c1-3-31-25(30)19(2)23-28-24(20-13-7-4-8-14-20)32-26(27-21-15-9-5-10-16-21)29(23)22-17-11-6-12-18-22/h4,7-8,13-14,21-22H,3,5-6,9-12,15-18H2,1-2H3/b23-19-,27-26?. The molecule has 0 amide bonds. The van der Waals surface area contributed by atoms with Crippen molar-refractivity contribution in [2.45, 2.75) is 90.1 Å². The van der Waals surface area contributed by atoms with Crippen molar-refractivity contribution in [1.29, 1.82) is 0 Å². The number of hydrogen-bond donors (Lipinski definition) is 0. The molecule has 0 saturated heterocycles. The Hall–Kier alpha value is -2.63. The number of rotatable bonds is 5. The van der Waals surface area contributed by atoms with E-state index in [4.69, 9.17) is 19.5 Å². The summed E-state index contributed by atoms with van der Waals surface area (Å²) in [6.45, 7) is 3.97. The smallest absolute Gasteiger partial charge is 0.337 e. The van der Waals surface area contributed by atoms with Crippen molar-refractivity contribution in [1.82, 2.24) is 4.90 Å². The third-order valence-electron chi connectivity index (χ3n) is 6.57. The van der Waals surface area contributed by atoms with E-state index in [-0.39, 0.29) is 18.1 Å². The molecule has 4 rings (SSSR count). The van der Waals surface area contributed by atoms with Crippen LogP contribution in [0.3, 0.4) is 0 Å². The lowest BCUT2D eigenvalue weighted by molar-refractivity contribution is -0.138. The SMILES string of the molecule is CCOC(=O)/C(C)=C1/N=C(c2ccccc2)OC(=NC2CCCCC2)N1C1CCCCC1. The monoisotopic (exact) mass is 437 g/mol. The van der Waals surface area contributed by atoms with Crippen LogP contribution < -0.4 is 0 Å². The zero-order chi connectivity index (χ0) is 22.3. The van der Waals surface area contributed by atoms with Gasteiger partial charge in [0.1, 0.15) is 0 Å². The number of aliphatic imine (C=N–C) groups is 2. The maximum absolute atomic E-state index is 12.8. The van der Waals surface area contributed by atoms with Crippen molar-refractivity contribution in [3.05, 3.63) is 47.3 Å². The van der Waals surface area contributed by atoms with Gasteiger partial charge in [-0.3, -0.25) is 4.90 Å². The Labute approximate surface area is 191 Å². The van der Waals surface area contributed by atoms with Crippen molar-refractivity contribution in [2.24, 2.45) is 9.98 Å².